The molecule has 0 spiro atoms. The highest BCUT2D eigenvalue weighted by Crippen LogP contribution is 2.25. The van der Waals surface area contributed by atoms with Gasteiger partial charge in [0.15, 0.2) is 0 Å². The summed E-state index contributed by atoms with van der Waals surface area (Å²) in [5, 5.41) is 18.4. The van der Waals surface area contributed by atoms with Gasteiger partial charge in [-0.2, -0.15) is 0 Å². The quantitative estimate of drug-likeness (QED) is 0.183. The molecule has 4 N–H and O–H groups in total. The first-order valence-corrected chi connectivity index (χ1v) is 16.1. The molecule has 1 aliphatic rings. The van der Waals surface area contributed by atoms with Crippen molar-refractivity contribution in [2.24, 2.45) is 11.3 Å². The number of alkyl halides is 2. The summed E-state index contributed by atoms with van der Waals surface area (Å²) in [6.07, 6.45) is 2.03. The second-order valence-corrected chi connectivity index (χ2v) is 14.8. The Morgan fingerprint density at radius 1 is 1.07 bits per heavy atom. The molecule has 2 heterocycles. The minimum Gasteiger partial charge on any atom is -0.477 e. The molecule has 1 fully saturated rings. The monoisotopic (exact) mass is 681 g/mol. The summed E-state index contributed by atoms with van der Waals surface area (Å²) in [6, 6.07) is 4.65. The third-order valence-corrected chi connectivity index (χ3v) is 7.79. The first kappa shape index (κ1) is 37.3. The summed E-state index contributed by atoms with van der Waals surface area (Å²) in [4.78, 5) is 56.6. The first-order chi connectivity index (χ1) is 21.4. The van der Waals surface area contributed by atoms with Crippen molar-refractivity contribution in [3.63, 3.8) is 0 Å². The molecule has 0 aliphatic carbocycles. The Labute approximate surface area is 279 Å². The average molecular weight is 683 g/mol. The van der Waals surface area contributed by atoms with E-state index < -0.39 is 57.7 Å². The molecule has 3 amide bonds. The van der Waals surface area contributed by atoms with Gasteiger partial charge < -0.3 is 25.2 Å². The van der Waals surface area contributed by atoms with E-state index >= 15 is 0 Å². The second kappa shape index (κ2) is 15.6. The molecule has 0 bridgehead atoms. The fraction of sp³-hybridized carbons (Fsp3) is 0.594. The van der Waals surface area contributed by atoms with Gasteiger partial charge >= 0.3 is 5.97 Å². The lowest BCUT2D eigenvalue weighted by atomic mass is 9.92. The number of nitrogens with one attached hydrogen (secondary N) is 3. The number of esters is 1. The number of fused-ring (bicyclic) bond motifs is 1. The van der Waals surface area contributed by atoms with Crippen molar-refractivity contribution in [1.29, 1.82) is 0 Å². The van der Waals surface area contributed by atoms with Gasteiger partial charge in [-0.3, -0.25) is 24.2 Å². The van der Waals surface area contributed by atoms with Crippen LogP contribution in [0.4, 0.5) is 0 Å². The minimum atomic E-state index is -1.23. The number of halogens is 2. The summed E-state index contributed by atoms with van der Waals surface area (Å²) in [5.41, 5.74) is 2.58. The van der Waals surface area contributed by atoms with Crippen LogP contribution in [0, 0.1) is 11.3 Å². The van der Waals surface area contributed by atoms with Crippen molar-refractivity contribution in [1.82, 2.24) is 26.1 Å². The van der Waals surface area contributed by atoms with Crippen LogP contribution in [0.2, 0.25) is 0 Å². The number of aromatic nitrogens is 1. The Morgan fingerprint density at radius 3 is 2.39 bits per heavy atom. The standard InChI is InChI=1S/C32H45Cl2N5O7/c1-18(2)26(27(41)36-19(3)28(42)39-12-8-9-24(38-39)29(43)46-17-32(7,33)34)37-30(44)31(5,6)16-45-25-14-23-13-21(20(4)40)10-11-22(23)15-35-25/h10-11,13-15,18-20,24,26,38,40H,8-9,12,16-17H2,1-7H3,(H,36,41)(H,37,44)/t19-,20+,24-,26-/m0/s1. The Morgan fingerprint density at radius 2 is 1.76 bits per heavy atom. The molecular formula is C32H45Cl2N5O7. The smallest absolute Gasteiger partial charge is 0.325 e. The van der Waals surface area contributed by atoms with Crippen molar-refractivity contribution in [2.75, 3.05) is 19.8 Å². The number of carbonyl (C=O) groups is 4. The highest BCUT2D eigenvalue weighted by atomic mass is 35.5. The van der Waals surface area contributed by atoms with Crippen molar-refractivity contribution in [3.8, 4) is 5.88 Å². The van der Waals surface area contributed by atoms with Crippen LogP contribution in [0.15, 0.2) is 30.5 Å². The molecule has 4 atom stereocenters. The molecule has 1 aromatic carbocycles. The Bertz CT molecular complexity index is 1410. The predicted octanol–water partition coefficient (Wildman–Crippen LogP) is 3.57. The number of aliphatic hydroxyl groups excluding tert-OH is 1. The fourth-order valence-corrected chi connectivity index (χ4v) is 4.79. The van der Waals surface area contributed by atoms with Gasteiger partial charge in [0.05, 0.1) is 11.5 Å². The van der Waals surface area contributed by atoms with Crippen LogP contribution < -0.4 is 20.8 Å². The van der Waals surface area contributed by atoms with Crippen molar-refractivity contribution < 1.29 is 33.8 Å². The van der Waals surface area contributed by atoms with Gasteiger partial charge in [-0.15, -0.1) is 0 Å². The highest BCUT2D eigenvalue weighted by Gasteiger charge is 2.36. The first-order valence-electron chi connectivity index (χ1n) is 15.3. The number of rotatable bonds is 13. The van der Waals surface area contributed by atoms with Crippen molar-refractivity contribution in [3.05, 3.63) is 36.0 Å². The number of carbonyl (C=O) groups excluding carboxylic acids is 4. The lowest BCUT2D eigenvalue weighted by molar-refractivity contribution is -0.153. The van der Waals surface area contributed by atoms with E-state index in [0.29, 0.717) is 25.3 Å². The second-order valence-electron chi connectivity index (χ2n) is 12.9. The van der Waals surface area contributed by atoms with Gasteiger partial charge in [-0.1, -0.05) is 49.2 Å². The Kier molecular flexibility index (Phi) is 12.6. The molecule has 46 heavy (non-hydrogen) atoms. The van der Waals surface area contributed by atoms with Gasteiger partial charge in [0.25, 0.3) is 5.91 Å². The van der Waals surface area contributed by atoms with Gasteiger partial charge in [0.2, 0.25) is 17.7 Å². The van der Waals surface area contributed by atoms with Crippen LogP contribution >= 0.6 is 23.2 Å². The van der Waals surface area contributed by atoms with Crippen molar-refractivity contribution >= 4 is 57.7 Å². The van der Waals surface area contributed by atoms with Crippen LogP contribution in [0.3, 0.4) is 0 Å². The van der Waals surface area contributed by atoms with E-state index in [4.69, 9.17) is 32.7 Å². The molecule has 0 saturated carbocycles. The minimum absolute atomic E-state index is 0.0198. The van der Waals surface area contributed by atoms with E-state index in [9.17, 15) is 24.3 Å². The zero-order valence-electron chi connectivity index (χ0n) is 27.4. The average Bonchev–Trinajstić information content (AvgIpc) is 2.99. The molecule has 2 aromatic rings. The zero-order valence-corrected chi connectivity index (χ0v) is 28.9. The Balaban J connectivity index is 1.58. The molecular weight excluding hydrogens is 637 g/mol. The summed E-state index contributed by atoms with van der Waals surface area (Å²) < 4.78 is 9.81. The number of nitrogens with zero attached hydrogens (tertiary/aromatic N) is 2. The summed E-state index contributed by atoms with van der Waals surface area (Å²) in [7, 11) is 0. The lowest BCUT2D eigenvalue weighted by Gasteiger charge is -2.35. The normalized spacial score (nSPS) is 17.6. The molecule has 1 saturated heterocycles. The van der Waals surface area contributed by atoms with Gasteiger partial charge in [-0.25, -0.2) is 10.4 Å². The van der Waals surface area contributed by atoms with Gasteiger partial charge in [-0.05, 0) is 70.4 Å². The summed E-state index contributed by atoms with van der Waals surface area (Å²) in [6.45, 7) is 11.8. The van der Waals surface area contributed by atoms with Crippen LogP contribution in [-0.4, -0.2) is 81.0 Å². The van der Waals surface area contributed by atoms with Crippen molar-refractivity contribution in [2.45, 2.75) is 89.9 Å². The molecule has 14 heteroatoms. The lowest BCUT2D eigenvalue weighted by Crippen LogP contribution is -2.61. The topological polar surface area (TPSA) is 159 Å². The predicted molar refractivity (Wildman–Crippen MR) is 175 cm³/mol. The maximum absolute atomic E-state index is 13.4. The van der Waals surface area contributed by atoms with E-state index in [1.54, 1.807) is 46.9 Å². The van der Waals surface area contributed by atoms with E-state index in [-0.39, 0.29) is 19.1 Å². The number of pyridine rings is 1. The van der Waals surface area contributed by atoms with E-state index in [2.05, 4.69) is 21.0 Å². The van der Waals surface area contributed by atoms with E-state index in [1.807, 2.05) is 18.2 Å². The van der Waals surface area contributed by atoms with E-state index in [1.165, 1.54) is 18.9 Å². The highest BCUT2D eigenvalue weighted by molar-refractivity contribution is 6.48. The summed E-state index contributed by atoms with van der Waals surface area (Å²) >= 11 is 11.8. The SMILES string of the molecule is CC(C)[C@H](NC(=O)C(C)(C)COc1cc2cc([C@@H](C)O)ccc2cn1)C(=O)N[C@@H](C)C(=O)N1CCC[C@@H](C(=O)OCC(C)(Cl)Cl)N1. The maximum Gasteiger partial charge on any atom is 0.325 e. The Hall–Kier alpha value is -3.19. The molecule has 1 aliphatic heterocycles. The van der Waals surface area contributed by atoms with Gasteiger partial charge in [0.1, 0.15) is 35.7 Å². The number of amides is 3. The molecule has 0 unspecified atom stereocenters. The van der Waals surface area contributed by atoms with Crippen LogP contribution in [0.5, 0.6) is 5.88 Å². The number of hydrogen-bond acceptors (Lipinski definition) is 9. The number of benzene rings is 1. The third-order valence-electron chi connectivity index (χ3n) is 7.57. The van der Waals surface area contributed by atoms with Crippen LogP contribution in [0.25, 0.3) is 10.8 Å². The molecule has 0 radical (unpaired) electrons. The van der Waals surface area contributed by atoms with Gasteiger partial charge in [0, 0.05) is 24.2 Å². The maximum atomic E-state index is 13.4. The van der Waals surface area contributed by atoms with E-state index in [0.717, 1.165) is 16.3 Å². The number of aliphatic hydroxyl groups is 1. The number of hydrazine groups is 1. The molecule has 254 valence electrons. The largest absolute Gasteiger partial charge is 0.477 e. The third kappa shape index (κ3) is 10.4. The zero-order chi connectivity index (χ0) is 34.4. The molecule has 12 nitrogen and oxygen atoms in total. The van der Waals surface area contributed by atoms with Crippen LogP contribution in [-0.2, 0) is 23.9 Å². The fourth-order valence-electron chi connectivity index (χ4n) is 4.68. The molecule has 1 aromatic heterocycles. The summed E-state index contributed by atoms with van der Waals surface area (Å²) in [5.74, 6) is -1.95. The number of ether oxygens (including phenoxy) is 2. The van der Waals surface area contributed by atoms with Crippen LogP contribution in [0.1, 0.15) is 73.0 Å². The molecule has 3 rings (SSSR count). The number of hydrogen-bond donors (Lipinski definition) is 4.